The average Bonchev–Trinajstić information content (AvgIpc) is 2.99. The summed E-state index contributed by atoms with van der Waals surface area (Å²) in [6.07, 6.45) is 1.68. The Morgan fingerprint density at radius 2 is 2.15 bits per heavy atom. The zero-order valence-electron chi connectivity index (χ0n) is 11.2. The summed E-state index contributed by atoms with van der Waals surface area (Å²) in [7, 11) is 0. The molecule has 2 aromatic rings. The molecule has 20 heavy (non-hydrogen) atoms. The van der Waals surface area contributed by atoms with Crippen molar-refractivity contribution < 1.29 is 13.9 Å². The van der Waals surface area contributed by atoms with Crippen molar-refractivity contribution in [2.24, 2.45) is 0 Å². The molecule has 5 heteroatoms. The molecular formula is C15H16ClNO3. The van der Waals surface area contributed by atoms with E-state index >= 15 is 0 Å². The smallest absolute Gasteiger partial charge is 0.179 e. The Kier molecular flexibility index (Phi) is 3.85. The topological polar surface area (TPSA) is 43.6 Å². The lowest BCUT2D eigenvalue weighted by atomic mass is 10.1. The normalized spacial score (nSPS) is 15.1. The van der Waals surface area contributed by atoms with E-state index in [0.717, 1.165) is 11.3 Å². The van der Waals surface area contributed by atoms with E-state index in [-0.39, 0.29) is 6.04 Å². The molecule has 0 bridgehead atoms. The van der Waals surface area contributed by atoms with E-state index in [1.807, 2.05) is 24.3 Å². The highest BCUT2D eigenvalue weighted by Gasteiger charge is 2.17. The minimum absolute atomic E-state index is 0.136. The Balaban J connectivity index is 1.70. The van der Waals surface area contributed by atoms with Gasteiger partial charge in [0.2, 0.25) is 0 Å². The van der Waals surface area contributed by atoms with E-state index in [1.54, 1.807) is 6.26 Å². The summed E-state index contributed by atoms with van der Waals surface area (Å²) in [6.45, 7) is 3.83. The molecule has 106 valence electrons. The number of nitrogens with one attached hydrogen (secondary N) is 1. The van der Waals surface area contributed by atoms with Crippen molar-refractivity contribution in [2.75, 3.05) is 13.2 Å². The van der Waals surface area contributed by atoms with Crippen LogP contribution in [0.1, 0.15) is 24.3 Å². The second-order valence-electron chi connectivity index (χ2n) is 4.72. The first-order chi connectivity index (χ1) is 9.74. The van der Waals surface area contributed by atoms with E-state index in [0.29, 0.717) is 36.3 Å². The summed E-state index contributed by atoms with van der Waals surface area (Å²) < 4.78 is 16.4. The highest BCUT2D eigenvalue weighted by Crippen LogP contribution is 2.38. The van der Waals surface area contributed by atoms with Crippen LogP contribution in [0.4, 0.5) is 0 Å². The molecule has 0 saturated carbocycles. The molecule has 1 N–H and O–H groups in total. The Morgan fingerprint density at radius 1 is 1.30 bits per heavy atom. The van der Waals surface area contributed by atoms with Gasteiger partial charge in [0.25, 0.3) is 0 Å². The molecule has 1 aromatic heterocycles. The van der Waals surface area contributed by atoms with Gasteiger partial charge in [-0.15, -0.1) is 0 Å². The Morgan fingerprint density at radius 3 is 2.95 bits per heavy atom. The van der Waals surface area contributed by atoms with Crippen molar-refractivity contribution in [3.05, 3.63) is 46.9 Å². The minimum Gasteiger partial charge on any atom is -0.486 e. The zero-order chi connectivity index (χ0) is 13.9. The number of benzene rings is 1. The number of fused-ring (bicyclic) bond motifs is 1. The van der Waals surface area contributed by atoms with Crippen LogP contribution in [-0.2, 0) is 6.54 Å². The van der Waals surface area contributed by atoms with Gasteiger partial charge in [0, 0.05) is 6.54 Å². The summed E-state index contributed by atoms with van der Waals surface area (Å²) in [5, 5.41) is 3.97. The number of rotatable bonds is 4. The fraction of sp³-hybridized carbons (Fsp3) is 0.333. The quantitative estimate of drug-likeness (QED) is 0.936. The van der Waals surface area contributed by atoms with Crippen molar-refractivity contribution in [3.8, 4) is 11.5 Å². The molecule has 0 spiro atoms. The van der Waals surface area contributed by atoms with Crippen molar-refractivity contribution in [1.82, 2.24) is 5.32 Å². The lowest BCUT2D eigenvalue weighted by Crippen LogP contribution is -2.19. The third kappa shape index (κ3) is 2.76. The van der Waals surface area contributed by atoms with Crippen molar-refractivity contribution in [1.29, 1.82) is 0 Å². The standard InChI is InChI=1S/C15H16ClNO3/c1-10(13-3-2-4-18-13)17-9-11-7-12(16)15-14(8-11)19-5-6-20-15/h2-4,7-8,10,17H,5-6,9H2,1H3/t10-/m1/s1. The van der Waals surface area contributed by atoms with E-state index < -0.39 is 0 Å². The van der Waals surface area contributed by atoms with Crippen LogP contribution in [0, 0.1) is 0 Å². The van der Waals surface area contributed by atoms with Gasteiger partial charge in [0.05, 0.1) is 17.3 Å². The van der Waals surface area contributed by atoms with Crippen molar-refractivity contribution >= 4 is 11.6 Å². The lowest BCUT2D eigenvalue weighted by molar-refractivity contribution is 0.171. The van der Waals surface area contributed by atoms with Crippen LogP contribution in [0.3, 0.4) is 0 Å². The summed E-state index contributed by atoms with van der Waals surface area (Å²) in [6, 6.07) is 7.83. The molecule has 0 saturated heterocycles. The Labute approximate surface area is 122 Å². The van der Waals surface area contributed by atoms with Gasteiger partial charge in [-0.05, 0) is 36.8 Å². The van der Waals surface area contributed by atoms with Gasteiger partial charge >= 0.3 is 0 Å². The largest absolute Gasteiger partial charge is 0.486 e. The van der Waals surface area contributed by atoms with E-state index in [4.69, 9.17) is 25.5 Å². The molecule has 3 rings (SSSR count). The Hall–Kier alpha value is -1.65. The maximum absolute atomic E-state index is 6.21. The predicted octanol–water partition coefficient (Wildman–Crippen LogP) is 3.56. The first-order valence-electron chi connectivity index (χ1n) is 6.59. The predicted molar refractivity (Wildman–Crippen MR) is 76.4 cm³/mol. The van der Waals surface area contributed by atoms with Crippen molar-refractivity contribution in [2.45, 2.75) is 19.5 Å². The molecule has 0 aliphatic carbocycles. The second-order valence-corrected chi connectivity index (χ2v) is 5.13. The number of hydrogen-bond acceptors (Lipinski definition) is 4. The third-order valence-corrected chi connectivity index (χ3v) is 3.52. The van der Waals surface area contributed by atoms with Gasteiger partial charge in [0.1, 0.15) is 19.0 Å². The maximum atomic E-state index is 6.21. The zero-order valence-corrected chi connectivity index (χ0v) is 11.9. The monoisotopic (exact) mass is 293 g/mol. The Bertz CT molecular complexity index is 583. The molecule has 1 aliphatic heterocycles. The summed E-state index contributed by atoms with van der Waals surface area (Å²) in [4.78, 5) is 0. The first-order valence-corrected chi connectivity index (χ1v) is 6.96. The molecular weight excluding hydrogens is 278 g/mol. The van der Waals surface area contributed by atoms with Crippen LogP contribution >= 0.6 is 11.6 Å². The summed E-state index contributed by atoms with van der Waals surface area (Å²) in [5.41, 5.74) is 1.05. The minimum atomic E-state index is 0.136. The van der Waals surface area contributed by atoms with Gasteiger partial charge in [0.15, 0.2) is 11.5 Å². The van der Waals surface area contributed by atoms with Crippen LogP contribution < -0.4 is 14.8 Å². The van der Waals surface area contributed by atoms with Crippen LogP contribution in [-0.4, -0.2) is 13.2 Å². The molecule has 2 heterocycles. The second kappa shape index (κ2) is 5.77. The van der Waals surface area contributed by atoms with Gasteiger partial charge in [-0.3, -0.25) is 0 Å². The third-order valence-electron chi connectivity index (χ3n) is 3.24. The highest BCUT2D eigenvalue weighted by atomic mass is 35.5. The fourth-order valence-corrected chi connectivity index (χ4v) is 2.46. The SMILES string of the molecule is C[C@@H](NCc1cc(Cl)c2c(c1)OCCO2)c1ccco1. The lowest BCUT2D eigenvalue weighted by Gasteiger charge is -2.20. The molecule has 1 aliphatic rings. The molecule has 0 amide bonds. The van der Waals surface area contributed by atoms with Crippen molar-refractivity contribution in [3.63, 3.8) is 0 Å². The highest BCUT2D eigenvalue weighted by molar-refractivity contribution is 6.32. The van der Waals surface area contributed by atoms with Gasteiger partial charge in [-0.1, -0.05) is 11.6 Å². The van der Waals surface area contributed by atoms with Crippen LogP contribution in [0.5, 0.6) is 11.5 Å². The maximum Gasteiger partial charge on any atom is 0.179 e. The van der Waals surface area contributed by atoms with Gasteiger partial charge < -0.3 is 19.2 Å². The van der Waals surface area contributed by atoms with Crippen LogP contribution in [0.15, 0.2) is 34.9 Å². The summed E-state index contributed by atoms with van der Waals surface area (Å²) in [5.74, 6) is 2.26. The average molecular weight is 294 g/mol. The molecule has 4 nitrogen and oxygen atoms in total. The fourth-order valence-electron chi connectivity index (χ4n) is 2.18. The number of halogens is 1. The van der Waals surface area contributed by atoms with Crippen LogP contribution in [0.2, 0.25) is 5.02 Å². The molecule has 0 radical (unpaired) electrons. The van der Waals surface area contributed by atoms with Gasteiger partial charge in [-0.25, -0.2) is 0 Å². The first kappa shape index (κ1) is 13.3. The van der Waals surface area contributed by atoms with E-state index in [1.165, 1.54) is 0 Å². The molecule has 0 unspecified atom stereocenters. The van der Waals surface area contributed by atoms with E-state index in [9.17, 15) is 0 Å². The molecule has 0 fully saturated rings. The number of furan rings is 1. The molecule has 1 aromatic carbocycles. The number of hydrogen-bond donors (Lipinski definition) is 1. The molecule has 1 atom stereocenters. The van der Waals surface area contributed by atoms with Gasteiger partial charge in [-0.2, -0.15) is 0 Å². The summed E-state index contributed by atoms with van der Waals surface area (Å²) >= 11 is 6.21. The van der Waals surface area contributed by atoms with Crippen LogP contribution in [0.25, 0.3) is 0 Å². The van der Waals surface area contributed by atoms with E-state index in [2.05, 4.69) is 12.2 Å². The number of ether oxygens (including phenoxy) is 2.